The molecule has 0 bridgehead atoms. The van der Waals surface area contributed by atoms with Gasteiger partial charge < -0.3 is 4.98 Å². The van der Waals surface area contributed by atoms with Gasteiger partial charge in [0.1, 0.15) is 10.3 Å². The third kappa shape index (κ3) is 2.15. The number of hydrogen-bond donors (Lipinski definition) is 1. The van der Waals surface area contributed by atoms with E-state index in [0.29, 0.717) is 4.64 Å². The molecule has 17 heavy (non-hydrogen) atoms. The SMILES string of the molecule is Cc1cccc(-c2nc(C)c(C)[nH]c2=S)c1C. The molecule has 0 fully saturated rings. The van der Waals surface area contributed by atoms with Crippen molar-refractivity contribution in [3.05, 3.63) is 45.4 Å². The van der Waals surface area contributed by atoms with Crippen LogP contribution < -0.4 is 0 Å². The van der Waals surface area contributed by atoms with Gasteiger partial charge in [-0.3, -0.25) is 0 Å². The first-order chi connectivity index (χ1) is 8.00. The standard InChI is InChI=1S/C14H16N2S/c1-8-6-5-7-12(9(8)2)13-14(17)16-11(4)10(3)15-13/h5-7H,1-4H3,(H,16,17). The molecule has 1 aromatic carbocycles. The van der Waals surface area contributed by atoms with Gasteiger partial charge in [0.05, 0.1) is 5.69 Å². The average molecular weight is 244 g/mol. The Hall–Kier alpha value is -1.48. The molecule has 0 spiro atoms. The predicted octanol–water partition coefficient (Wildman–Crippen LogP) is 4.04. The highest BCUT2D eigenvalue weighted by atomic mass is 32.1. The summed E-state index contributed by atoms with van der Waals surface area (Å²) in [5.41, 5.74) is 6.52. The fraction of sp³-hybridized carbons (Fsp3) is 0.286. The van der Waals surface area contributed by atoms with E-state index in [2.05, 4.69) is 35.9 Å². The van der Waals surface area contributed by atoms with E-state index in [9.17, 15) is 0 Å². The van der Waals surface area contributed by atoms with E-state index in [4.69, 9.17) is 12.2 Å². The number of benzene rings is 1. The van der Waals surface area contributed by atoms with Crippen LogP contribution in [-0.4, -0.2) is 9.97 Å². The number of hydrogen-bond acceptors (Lipinski definition) is 2. The van der Waals surface area contributed by atoms with Gasteiger partial charge in [-0.2, -0.15) is 0 Å². The van der Waals surface area contributed by atoms with Gasteiger partial charge in [0.25, 0.3) is 0 Å². The van der Waals surface area contributed by atoms with Gasteiger partial charge in [-0.05, 0) is 38.8 Å². The van der Waals surface area contributed by atoms with E-state index in [0.717, 1.165) is 22.6 Å². The monoisotopic (exact) mass is 244 g/mol. The normalized spacial score (nSPS) is 10.6. The number of nitrogens with zero attached hydrogens (tertiary/aromatic N) is 1. The van der Waals surface area contributed by atoms with Crippen LogP contribution in [0.3, 0.4) is 0 Å². The zero-order valence-electron chi connectivity index (χ0n) is 10.6. The predicted molar refractivity (Wildman–Crippen MR) is 73.8 cm³/mol. The van der Waals surface area contributed by atoms with Gasteiger partial charge in [-0.25, -0.2) is 4.98 Å². The molecular weight excluding hydrogens is 228 g/mol. The van der Waals surface area contributed by atoms with Crippen LogP contribution in [0.15, 0.2) is 18.2 Å². The van der Waals surface area contributed by atoms with Crippen molar-refractivity contribution in [3.63, 3.8) is 0 Å². The molecule has 0 unspecified atom stereocenters. The van der Waals surface area contributed by atoms with Crippen molar-refractivity contribution in [1.29, 1.82) is 0 Å². The van der Waals surface area contributed by atoms with Crippen molar-refractivity contribution in [3.8, 4) is 11.3 Å². The molecule has 2 aromatic rings. The molecule has 1 heterocycles. The number of H-pyrrole nitrogens is 1. The van der Waals surface area contributed by atoms with Crippen molar-refractivity contribution in [1.82, 2.24) is 9.97 Å². The summed E-state index contributed by atoms with van der Waals surface area (Å²) in [6, 6.07) is 6.22. The molecule has 0 saturated heterocycles. The molecule has 88 valence electrons. The highest BCUT2D eigenvalue weighted by molar-refractivity contribution is 7.71. The van der Waals surface area contributed by atoms with Gasteiger partial charge in [0, 0.05) is 11.3 Å². The maximum Gasteiger partial charge on any atom is 0.130 e. The first kappa shape index (κ1) is 12.0. The molecule has 0 amide bonds. The van der Waals surface area contributed by atoms with E-state index in [1.54, 1.807) is 0 Å². The van der Waals surface area contributed by atoms with E-state index in [-0.39, 0.29) is 0 Å². The third-order valence-corrected chi connectivity index (χ3v) is 3.49. The zero-order valence-corrected chi connectivity index (χ0v) is 11.4. The number of aromatic amines is 1. The first-order valence-electron chi connectivity index (χ1n) is 5.65. The molecule has 1 aromatic heterocycles. The highest BCUT2D eigenvalue weighted by Gasteiger charge is 2.08. The number of aryl methyl sites for hydroxylation is 3. The molecule has 0 aliphatic rings. The highest BCUT2D eigenvalue weighted by Crippen LogP contribution is 2.24. The average Bonchev–Trinajstić information content (AvgIpc) is 2.28. The lowest BCUT2D eigenvalue weighted by Gasteiger charge is -2.10. The molecule has 3 heteroatoms. The number of aromatic nitrogens is 2. The van der Waals surface area contributed by atoms with Crippen LogP contribution in [0, 0.1) is 32.3 Å². The molecule has 2 rings (SSSR count). The maximum absolute atomic E-state index is 5.37. The van der Waals surface area contributed by atoms with Crippen LogP contribution in [0.2, 0.25) is 0 Å². The van der Waals surface area contributed by atoms with Crippen molar-refractivity contribution >= 4 is 12.2 Å². The smallest absolute Gasteiger partial charge is 0.130 e. The molecule has 0 radical (unpaired) electrons. The van der Waals surface area contributed by atoms with Crippen LogP contribution in [0.25, 0.3) is 11.3 Å². The second kappa shape index (κ2) is 4.41. The summed E-state index contributed by atoms with van der Waals surface area (Å²) >= 11 is 5.37. The van der Waals surface area contributed by atoms with Gasteiger partial charge in [0.15, 0.2) is 0 Å². The molecule has 2 nitrogen and oxygen atoms in total. The Balaban J connectivity index is 2.73. The minimum atomic E-state index is 0.710. The van der Waals surface area contributed by atoms with Crippen LogP contribution in [0.1, 0.15) is 22.5 Å². The minimum absolute atomic E-state index is 0.710. The van der Waals surface area contributed by atoms with Gasteiger partial charge in [0.2, 0.25) is 0 Å². The Morgan fingerprint density at radius 3 is 2.53 bits per heavy atom. The van der Waals surface area contributed by atoms with Crippen molar-refractivity contribution < 1.29 is 0 Å². The summed E-state index contributed by atoms with van der Waals surface area (Å²) in [5.74, 6) is 0. The van der Waals surface area contributed by atoms with E-state index in [1.807, 2.05) is 19.9 Å². The molecule has 0 saturated carbocycles. The number of nitrogens with one attached hydrogen (secondary N) is 1. The Morgan fingerprint density at radius 1 is 1.12 bits per heavy atom. The summed E-state index contributed by atoms with van der Waals surface area (Å²) in [4.78, 5) is 7.81. The second-order valence-corrected chi connectivity index (χ2v) is 4.78. The summed E-state index contributed by atoms with van der Waals surface area (Å²) in [7, 11) is 0. The Kier molecular flexibility index (Phi) is 3.11. The Morgan fingerprint density at radius 2 is 1.82 bits per heavy atom. The topological polar surface area (TPSA) is 28.7 Å². The van der Waals surface area contributed by atoms with E-state index < -0.39 is 0 Å². The first-order valence-corrected chi connectivity index (χ1v) is 6.05. The van der Waals surface area contributed by atoms with E-state index >= 15 is 0 Å². The van der Waals surface area contributed by atoms with Crippen LogP contribution in [-0.2, 0) is 0 Å². The summed E-state index contributed by atoms with van der Waals surface area (Å²) < 4.78 is 0.710. The van der Waals surface area contributed by atoms with Crippen molar-refractivity contribution in [2.45, 2.75) is 27.7 Å². The fourth-order valence-corrected chi connectivity index (χ4v) is 2.12. The van der Waals surface area contributed by atoms with Crippen LogP contribution in [0.4, 0.5) is 0 Å². The lowest BCUT2D eigenvalue weighted by Crippen LogP contribution is -1.98. The molecule has 1 N–H and O–H groups in total. The summed E-state index contributed by atoms with van der Waals surface area (Å²) in [6.07, 6.45) is 0. The molecule has 0 aliphatic carbocycles. The minimum Gasteiger partial charge on any atom is -0.347 e. The van der Waals surface area contributed by atoms with Gasteiger partial charge in [-0.1, -0.05) is 30.4 Å². The maximum atomic E-state index is 5.37. The van der Waals surface area contributed by atoms with Gasteiger partial charge in [-0.15, -0.1) is 0 Å². The zero-order chi connectivity index (χ0) is 12.6. The lowest BCUT2D eigenvalue weighted by atomic mass is 10.0. The quantitative estimate of drug-likeness (QED) is 0.767. The van der Waals surface area contributed by atoms with Gasteiger partial charge >= 0.3 is 0 Å². The van der Waals surface area contributed by atoms with Crippen molar-refractivity contribution in [2.75, 3.05) is 0 Å². The van der Waals surface area contributed by atoms with E-state index in [1.165, 1.54) is 11.1 Å². The van der Waals surface area contributed by atoms with Crippen LogP contribution in [0.5, 0.6) is 0 Å². The molecule has 0 atom stereocenters. The molecular formula is C14H16N2S. The third-order valence-electron chi connectivity index (χ3n) is 3.20. The summed E-state index contributed by atoms with van der Waals surface area (Å²) in [5, 5.41) is 0. The number of rotatable bonds is 1. The van der Waals surface area contributed by atoms with Crippen LogP contribution >= 0.6 is 12.2 Å². The Bertz CT molecular complexity index is 627. The largest absolute Gasteiger partial charge is 0.347 e. The fourth-order valence-electron chi connectivity index (χ4n) is 1.81. The Labute approximate surface area is 107 Å². The van der Waals surface area contributed by atoms with Crippen molar-refractivity contribution in [2.24, 2.45) is 0 Å². The second-order valence-electron chi connectivity index (χ2n) is 4.37. The molecule has 0 aliphatic heterocycles. The lowest BCUT2D eigenvalue weighted by molar-refractivity contribution is 1.04. The summed E-state index contributed by atoms with van der Waals surface area (Å²) in [6.45, 7) is 8.20.